The molecule has 0 amide bonds. The van der Waals surface area contributed by atoms with Gasteiger partial charge in [-0.25, -0.2) is 4.98 Å². The maximum Gasteiger partial charge on any atom is 0.306 e. The Morgan fingerprint density at radius 2 is 1.63 bits per heavy atom. The molecule has 9 heteroatoms. The van der Waals surface area contributed by atoms with Gasteiger partial charge < -0.3 is 13.6 Å². The molecule has 0 saturated heterocycles. The summed E-state index contributed by atoms with van der Waals surface area (Å²) in [6, 6.07) is 0. The molecule has 1 aromatic heterocycles. The number of allylic oxidation sites excluding steroid dienone is 2. The summed E-state index contributed by atoms with van der Waals surface area (Å²) < 4.78 is 19.6. The molecular weight excluding hydrogens is 663 g/mol. The number of carbonyl (C=O) groups excluding carboxylic acids is 2. The van der Waals surface area contributed by atoms with Gasteiger partial charge in [0.25, 0.3) is 0 Å². The number of hydrogen-bond acceptors (Lipinski definition) is 7. The van der Waals surface area contributed by atoms with E-state index in [1.165, 1.54) is 5.57 Å². The molecule has 1 unspecified atom stereocenters. The van der Waals surface area contributed by atoms with Crippen LogP contribution in [0.25, 0.3) is 6.08 Å². The smallest absolute Gasteiger partial charge is 0.306 e. The predicted molar refractivity (Wildman–Crippen MR) is 213 cm³/mol. The zero-order chi connectivity index (χ0) is 37.8. The predicted octanol–water partition coefficient (Wildman–Crippen LogP) is 11.6. The molecule has 1 aliphatic rings. The second-order valence-corrected chi connectivity index (χ2v) is 28.7. The lowest BCUT2D eigenvalue weighted by atomic mass is 9.69. The fourth-order valence-electron chi connectivity index (χ4n) is 5.41. The summed E-state index contributed by atoms with van der Waals surface area (Å²) in [6.45, 7) is 37.2. The first-order valence-corrected chi connectivity index (χ1v) is 24.9. The zero-order valence-corrected chi connectivity index (χ0v) is 36.8. The Balaban J connectivity index is 2.41. The molecule has 0 N–H and O–H groups in total. The fraction of sp³-hybridized carbons (Fsp3) is 0.725. The van der Waals surface area contributed by atoms with Gasteiger partial charge in [0.15, 0.2) is 16.6 Å². The molecule has 6 nitrogen and oxygen atoms in total. The summed E-state index contributed by atoms with van der Waals surface area (Å²) in [5, 5.41) is 3.14. The molecule has 0 aliphatic carbocycles. The summed E-state index contributed by atoms with van der Waals surface area (Å²) in [7, 11) is -4.05. The maximum absolute atomic E-state index is 14.3. The van der Waals surface area contributed by atoms with Crippen molar-refractivity contribution in [2.75, 3.05) is 0 Å². The highest BCUT2D eigenvalue weighted by Gasteiger charge is 2.46. The monoisotopic (exact) mass is 731 g/mol. The second kappa shape index (κ2) is 16.8. The summed E-state index contributed by atoms with van der Waals surface area (Å²) >= 11 is 1.60. The van der Waals surface area contributed by atoms with E-state index in [0.717, 1.165) is 22.7 Å². The molecule has 0 bridgehead atoms. The van der Waals surface area contributed by atoms with Gasteiger partial charge in [-0.05, 0) is 80.0 Å². The fourth-order valence-corrected chi connectivity index (χ4v) is 8.56. The normalized spacial score (nSPS) is 27.7. The number of carbonyl (C=O) groups is 2. The Hall–Kier alpha value is -1.66. The number of Topliss-reactive ketones (excluding diaryl/α,β-unsaturated/α-hetero) is 1. The minimum atomic E-state index is -2.17. The van der Waals surface area contributed by atoms with Crippen LogP contribution in [0, 0.1) is 23.2 Å². The van der Waals surface area contributed by atoms with Crippen LogP contribution in [0.3, 0.4) is 0 Å². The minimum Gasteiger partial charge on any atom is -0.457 e. The number of hydrogen-bond donors (Lipinski definition) is 0. The Labute approximate surface area is 305 Å². The van der Waals surface area contributed by atoms with Crippen LogP contribution in [0.5, 0.6) is 0 Å². The van der Waals surface area contributed by atoms with Crippen LogP contribution < -0.4 is 0 Å². The van der Waals surface area contributed by atoms with E-state index in [-0.39, 0.29) is 52.1 Å². The average Bonchev–Trinajstić information content (AvgIpc) is 3.41. The maximum atomic E-state index is 14.3. The molecule has 1 aromatic rings. The van der Waals surface area contributed by atoms with Gasteiger partial charge in [0.05, 0.1) is 18.4 Å². The van der Waals surface area contributed by atoms with Crippen LogP contribution in [-0.2, 0) is 29.8 Å². The standard InChI is InChI=1S/C40H69NO5SSi2/c1-27-19-18-20-28(2)36(46-49(16,17)39(9,10)11)31(5)37(43)40(12,13)30(4)24-35(42)45-33(22-21-27)29(3)23-32-26-47-34(41-32)25-44-48(14,15)38(6,7)8/h18,20-21,23,26,28,30-31,33,36H,19,22,24-25H2,1-17H3/b20-18+,27-21-,29-23+/t28-,30-,31+,33?,36-/m0/s1. The molecule has 278 valence electrons. The number of thiazole rings is 1. The van der Waals surface area contributed by atoms with E-state index in [9.17, 15) is 9.59 Å². The first-order valence-electron chi connectivity index (χ1n) is 18.2. The molecule has 0 aromatic carbocycles. The van der Waals surface area contributed by atoms with Crippen molar-refractivity contribution in [1.82, 2.24) is 4.98 Å². The highest BCUT2D eigenvalue weighted by Crippen LogP contribution is 2.42. The summed E-state index contributed by atoms with van der Waals surface area (Å²) in [6.07, 6.45) is 9.44. The van der Waals surface area contributed by atoms with E-state index in [4.69, 9.17) is 18.6 Å². The number of aromatic nitrogens is 1. The Morgan fingerprint density at radius 3 is 2.20 bits per heavy atom. The number of ether oxygens (including phenoxy) is 1. The second-order valence-electron chi connectivity index (χ2n) is 18.2. The number of ketones is 1. The lowest BCUT2D eigenvalue weighted by Crippen LogP contribution is -2.50. The molecule has 0 radical (unpaired) electrons. The van der Waals surface area contributed by atoms with E-state index < -0.39 is 28.2 Å². The third-order valence-electron chi connectivity index (χ3n) is 11.7. The van der Waals surface area contributed by atoms with Crippen molar-refractivity contribution in [3.05, 3.63) is 45.5 Å². The van der Waals surface area contributed by atoms with Gasteiger partial charge in [0, 0.05) is 29.6 Å². The quantitative estimate of drug-likeness (QED) is 0.158. The van der Waals surface area contributed by atoms with Gasteiger partial charge in [0.1, 0.15) is 16.9 Å². The van der Waals surface area contributed by atoms with Crippen molar-refractivity contribution in [3.63, 3.8) is 0 Å². The van der Waals surface area contributed by atoms with E-state index in [1.807, 2.05) is 46.1 Å². The van der Waals surface area contributed by atoms with Crippen LogP contribution in [0.15, 0.2) is 34.8 Å². The summed E-state index contributed by atoms with van der Waals surface area (Å²) in [5.74, 6) is -0.657. The van der Waals surface area contributed by atoms with Gasteiger partial charge in [0.2, 0.25) is 0 Å². The van der Waals surface area contributed by atoms with Crippen LogP contribution in [-0.4, -0.2) is 45.6 Å². The average molecular weight is 732 g/mol. The number of esters is 1. The van der Waals surface area contributed by atoms with Crippen LogP contribution in [0.1, 0.15) is 120 Å². The minimum absolute atomic E-state index is 0.0182. The van der Waals surface area contributed by atoms with E-state index in [2.05, 4.69) is 99.8 Å². The molecule has 0 fully saturated rings. The zero-order valence-electron chi connectivity index (χ0n) is 34.0. The van der Waals surface area contributed by atoms with Gasteiger partial charge in [-0.15, -0.1) is 11.3 Å². The molecule has 0 saturated carbocycles. The van der Waals surface area contributed by atoms with Gasteiger partial charge >= 0.3 is 5.97 Å². The van der Waals surface area contributed by atoms with Crippen LogP contribution in [0.2, 0.25) is 36.3 Å². The molecule has 49 heavy (non-hydrogen) atoms. The SMILES string of the molecule is C/C1=C/CC(/C(C)=C/c2csc(CO[Si](C)(C)C(C)(C)C)n2)OC(=O)C[C@H](C)C(C)(C)C(=O)[C@H](C)[C@@H](O[Si](C)(C)C(C)(C)C)[C@@H](C)/C=C/C1. The first-order chi connectivity index (χ1) is 22.2. The summed E-state index contributed by atoms with van der Waals surface area (Å²) in [5.41, 5.74) is 2.24. The van der Waals surface area contributed by atoms with Crippen molar-refractivity contribution in [2.45, 2.75) is 164 Å². The first kappa shape index (κ1) is 43.5. The summed E-state index contributed by atoms with van der Waals surface area (Å²) in [4.78, 5) is 32.7. The van der Waals surface area contributed by atoms with Crippen molar-refractivity contribution >= 4 is 45.8 Å². The Morgan fingerprint density at radius 1 is 1.04 bits per heavy atom. The molecule has 1 aliphatic heterocycles. The van der Waals surface area contributed by atoms with Crippen molar-refractivity contribution < 1.29 is 23.2 Å². The Bertz CT molecular complexity index is 1380. The lowest BCUT2D eigenvalue weighted by Gasteiger charge is -2.43. The molecule has 2 rings (SSSR count). The number of cyclic esters (lactones) is 1. The molecular formula is C40H69NO5SSi2. The molecule has 2 heterocycles. The number of nitrogens with zero attached hydrogens (tertiary/aromatic N) is 1. The Kier molecular flexibility index (Phi) is 14.9. The number of rotatable bonds is 7. The third kappa shape index (κ3) is 11.9. The van der Waals surface area contributed by atoms with Gasteiger partial charge in [-0.3, -0.25) is 9.59 Å². The molecule has 0 spiro atoms. The molecule has 5 atom stereocenters. The topological polar surface area (TPSA) is 74.7 Å². The highest BCUT2D eigenvalue weighted by atomic mass is 32.1. The van der Waals surface area contributed by atoms with Crippen LogP contribution >= 0.6 is 11.3 Å². The van der Waals surface area contributed by atoms with Crippen molar-refractivity contribution in [3.8, 4) is 0 Å². The third-order valence-corrected chi connectivity index (χ3v) is 21.4. The highest BCUT2D eigenvalue weighted by molar-refractivity contribution is 7.09. The van der Waals surface area contributed by atoms with Crippen molar-refractivity contribution in [1.29, 1.82) is 0 Å². The van der Waals surface area contributed by atoms with Crippen molar-refractivity contribution in [2.24, 2.45) is 23.2 Å². The van der Waals surface area contributed by atoms with E-state index >= 15 is 0 Å². The lowest BCUT2D eigenvalue weighted by molar-refractivity contribution is -0.150. The van der Waals surface area contributed by atoms with E-state index in [1.54, 1.807) is 11.3 Å². The van der Waals surface area contributed by atoms with Crippen LogP contribution in [0.4, 0.5) is 0 Å². The largest absolute Gasteiger partial charge is 0.457 e. The van der Waals surface area contributed by atoms with Gasteiger partial charge in [-0.2, -0.15) is 0 Å². The van der Waals surface area contributed by atoms with E-state index in [0.29, 0.717) is 13.0 Å². The van der Waals surface area contributed by atoms with Gasteiger partial charge in [-0.1, -0.05) is 100.0 Å².